The minimum atomic E-state index is 0.0284. The van der Waals surface area contributed by atoms with Crippen molar-refractivity contribution in [3.8, 4) is 5.75 Å². The average molecular weight is 372 g/mol. The Kier molecular flexibility index (Phi) is 9.66. The molecule has 124 valence electrons. The van der Waals surface area contributed by atoms with Crippen molar-refractivity contribution < 1.29 is 9.47 Å². The Morgan fingerprint density at radius 1 is 1.32 bits per heavy atom. The lowest BCUT2D eigenvalue weighted by molar-refractivity contribution is 0.145. The van der Waals surface area contributed by atoms with Crippen LogP contribution in [0.1, 0.15) is 20.3 Å². The molecule has 1 atom stereocenters. The predicted molar refractivity (Wildman–Crippen MR) is 94.7 cm³/mol. The van der Waals surface area contributed by atoms with E-state index in [-0.39, 0.29) is 6.10 Å². The molecule has 0 aliphatic carbocycles. The highest BCUT2D eigenvalue weighted by Gasteiger charge is 2.07. The zero-order valence-corrected chi connectivity index (χ0v) is 15.1. The van der Waals surface area contributed by atoms with Gasteiger partial charge in [0.2, 0.25) is 0 Å². The van der Waals surface area contributed by atoms with Crippen molar-refractivity contribution in [3.63, 3.8) is 0 Å². The molecule has 5 nitrogen and oxygen atoms in total. The molecule has 1 unspecified atom stereocenters. The number of nitrogens with zero attached hydrogens (tertiary/aromatic N) is 1. The Morgan fingerprint density at radius 3 is 2.77 bits per heavy atom. The van der Waals surface area contributed by atoms with Crippen LogP contribution in [-0.4, -0.2) is 45.4 Å². The second-order valence-electron chi connectivity index (χ2n) is 4.79. The van der Waals surface area contributed by atoms with Gasteiger partial charge in [-0.05, 0) is 48.3 Å². The van der Waals surface area contributed by atoms with Gasteiger partial charge in [-0.25, -0.2) is 0 Å². The number of halogens is 1. The first-order valence-electron chi connectivity index (χ1n) is 7.60. The van der Waals surface area contributed by atoms with Crippen molar-refractivity contribution in [1.82, 2.24) is 10.6 Å². The first kappa shape index (κ1) is 18.8. The van der Waals surface area contributed by atoms with Crippen molar-refractivity contribution in [2.24, 2.45) is 4.99 Å². The minimum absolute atomic E-state index is 0.0284. The predicted octanol–water partition coefficient (Wildman–Crippen LogP) is 2.81. The number of aliphatic imine (C=N–C) groups is 1. The lowest BCUT2D eigenvalue weighted by Gasteiger charge is -2.18. The van der Waals surface area contributed by atoms with Crippen LogP contribution in [0.15, 0.2) is 33.7 Å². The van der Waals surface area contributed by atoms with Crippen molar-refractivity contribution in [1.29, 1.82) is 0 Å². The van der Waals surface area contributed by atoms with E-state index in [1.165, 1.54) is 0 Å². The van der Waals surface area contributed by atoms with Gasteiger partial charge < -0.3 is 20.1 Å². The normalized spacial score (nSPS) is 12.8. The summed E-state index contributed by atoms with van der Waals surface area (Å²) in [5, 5.41) is 6.51. The van der Waals surface area contributed by atoms with E-state index in [1.54, 1.807) is 7.05 Å². The Balaban J connectivity index is 2.26. The molecule has 0 amide bonds. The number of nitrogens with one attached hydrogen (secondary N) is 2. The second-order valence-corrected chi connectivity index (χ2v) is 5.64. The molecule has 0 spiro atoms. The topological polar surface area (TPSA) is 54.9 Å². The van der Waals surface area contributed by atoms with Crippen LogP contribution in [0, 0.1) is 0 Å². The van der Waals surface area contributed by atoms with E-state index in [4.69, 9.17) is 9.47 Å². The van der Waals surface area contributed by atoms with Crippen LogP contribution in [0.25, 0.3) is 0 Å². The molecule has 1 aromatic carbocycles. The first-order valence-corrected chi connectivity index (χ1v) is 8.40. The van der Waals surface area contributed by atoms with Gasteiger partial charge in [-0.3, -0.25) is 4.99 Å². The van der Waals surface area contributed by atoms with Crippen molar-refractivity contribution in [3.05, 3.63) is 28.7 Å². The van der Waals surface area contributed by atoms with Gasteiger partial charge in [-0.15, -0.1) is 0 Å². The molecule has 1 rings (SSSR count). The Morgan fingerprint density at radius 2 is 2.09 bits per heavy atom. The minimum Gasteiger partial charge on any atom is -0.488 e. The number of ether oxygens (including phenoxy) is 2. The molecule has 0 aromatic heterocycles. The summed E-state index contributed by atoms with van der Waals surface area (Å²) < 4.78 is 12.1. The van der Waals surface area contributed by atoms with E-state index in [0.29, 0.717) is 6.54 Å². The molecule has 0 saturated heterocycles. The molecular weight excluding hydrogens is 346 g/mol. The van der Waals surface area contributed by atoms with Crippen molar-refractivity contribution in [2.45, 2.75) is 26.4 Å². The molecule has 0 radical (unpaired) electrons. The maximum atomic E-state index is 5.89. The van der Waals surface area contributed by atoms with Crippen LogP contribution in [0.5, 0.6) is 5.75 Å². The van der Waals surface area contributed by atoms with Gasteiger partial charge in [0.25, 0.3) is 0 Å². The van der Waals surface area contributed by atoms with Gasteiger partial charge in [0.15, 0.2) is 5.96 Å². The summed E-state index contributed by atoms with van der Waals surface area (Å²) in [6.45, 7) is 7.06. The molecule has 0 heterocycles. The van der Waals surface area contributed by atoms with Gasteiger partial charge >= 0.3 is 0 Å². The summed E-state index contributed by atoms with van der Waals surface area (Å²) >= 11 is 3.48. The summed E-state index contributed by atoms with van der Waals surface area (Å²) in [4.78, 5) is 4.19. The van der Waals surface area contributed by atoms with E-state index in [1.807, 2.05) is 38.1 Å². The highest BCUT2D eigenvalue weighted by molar-refractivity contribution is 9.10. The third-order valence-corrected chi connectivity index (χ3v) is 3.56. The molecule has 0 aliphatic heterocycles. The van der Waals surface area contributed by atoms with Crippen molar-refractivity contribution in [2.75, 3.05) is 33.4 Å². The van der Waals surface area contributed by atoms with Crippen LogP contribution in [0.4, 0.5) is 0 Å². The standard InChI is InChI=1S/C16H26BrN3O2/c1-4-21-11-7-10-19-16(18-3)20-12-13(2)22-15-9-6-5-8-14(15)17/h5-6,8-9,13H,4,7,10-12H2,1-3H3,(H2,18,19,20). The molecule has 0 aliphatic rings. The van der Waals surface area contributed by atoms with Gasteiger partial charge in [0, 0.05) is 26.8 Å². The molecule has 2 N–H and O–H groups in total. The van der Waals surface area contributed by atoms with Crippen LogP contribution < -0.4 is 15.4 Å². The monoisotopic (exact) mass is 371 g/mol. The Bertz CT molecular complexity index is 455. The number of guanidine groups is 1. The summed E-state index contributed by atoms with van der Waals surface area (Å²) in [5.74, 6) is 1.62. The van der Waals surface area contributed by atoms with Crippen LogP contribution >= 0.6 is 15.9 Å². The second kappa shape index (κ2) is 11.3. The lowest BCUT2D eigenvalue weighted by atomic mass is 10.3. The van der Waals surface area contributed by atoms with Gasteiger partial charge in [-0.2, -0.15) is 0 Å². The number of rotatable bonds is 9. The summed E-state index contributed by atoms with van der Waals surface area (Å²) in [6.07, 6.45) is 0.984. The maximum Gasteiger partial charge on any atom is 0.191 e. The van der Waals surface area contributed by atoms with Crippen LogP contribution in [0.3, 0.4) is 0 Å². The zero-order chi connectivity index (χ0) is 16.2. The number of para-hydroxylation sites is 1. The largest absolute Gasteiger partial charge is 0.488 e. The SMILES string of the molecule is CCOCCCNC(=NC)NCC(C)Oc1ccccc1Br. The fraction of sp³-hybridized carbons (Fsp3) is 0.562. The van der Waals surface area contributed by atoms with Gasteiger partial charge in [0.05, 0.1) is 11.0 Å². The molecule has 1 aromatic rings. The molecule has 0 fully saturated rings. The van der Waals surface area contributed by atoms with E-state index < -0.39 is 0 Å². The highest BCUT2D eigenvalue weighted by Crippen LogP contribution is 2.24. The zero-order valence-electron chi connectivity index (χ0n) is 13.6. The third-order valence-electron chi connectivity index (χ3n) is 2.91. The van der Waals surface area contributed by atoms with Gasteiger partial charge in [0.1, 0.15) is 11.9 Å². The maximum absolute atomic E-state index is 5.89. The Labute approximate surface area is 141 Å². The summed E-state index contributed by atoms with van der Waals surface area (Å²) in [6, 6.07) is 7.84. The molecule has 0 bridgehead atoms. The third kappa shape index (κ3) is 7.66. The smallest absolute Gasteiger partial charge is 0.191 e. The number of hydrogen-bond donors (Lipinski definition) is 2. The van der Waals surface area contributed by atoms with Crippen LogP contribution in [-0.2, 0) is 4.74 Å². The summed E-state index contributed by atoms with van der Waals surface area (Å²) in [5.41, 5.74) is 0. The quantitative estimate of drug-likeness (QED) is 0.398. The first-order chi connectivity index (χ1) is 10.7. The molecule has 0 saturated carbocycles. The van der Waals surface area contributed by atoms with Gasteiger partial charge in [-0.1, -0.05) is 12.1 Å². The average Bonchev–Trinajstić information content (AvgIpc) is 2.52. The molecular formula is C16H26BrN3O2. The number of hydrogen-bond acceptors (Lipinski definition) is 3. The van der Waals surface area contributed by atoms with Crippen molar-refractivity contribution >= 4 is 21.9 Å². The van der Waals surface area contributed by atoms with E-state index in [2.05, 4.69) is 31.6 Å². The number of benzene rings is 1. The fourth-order valence-electron chi connectivity index (χ4n) is 1.79. The van der Waals surface area contributed by atoms with E-state index in [9.17, 15) is 0 Å². The fourth-order valence-corrected chi connectivity index (χ4v) is 2.16. The summed E-state index contributed by atoms with van der Waals surface area (Å²) in [7, 11) is 1.76. The highest BCUT2D eigenvalue weighted by atomic mass is 79.9. The Hall–Kier alpha value is -1.27. The van der Waals surface area contributed by atoms with E-state index in [0.717, 1.165) is 42.4 Å². The van der Waals surface area contributed by atoms with Crippen LogP contribution in [0.2, 0.25) is 0 Å². The molecule has 22 heavy (non-hydrogen) atoms. The van der Waals surface area contributed by atoms with E-state index >= 15 is 0 Å². The molecule has 6 heteroatoms. The lowest BCUT2D eigenvalue weighted by Crippen LogP contribution is -2.42.